The second-order valence-electron chi connectivity index (χ2n) is 3.90. The minimum atomic E-state index is -0.314. The summed E-state index contributed by atoms with van der Waals surface area (Å²) < 4.78 is 0. The molecule has 1 saturated carbocycles. The molecular weight excluding hydrogens is 156 g/mol. The van der Waals surface area contributed by atoms with Gasteiger partial charge in [-0.25, -0.2) is 0 Å². The molecule has 12 heavy (non-hydrogen) atoms. The average molecular weight is 167 g/mol. The molecule has 3 nitrogen and oxygen atoms in total. The Balaban J connectivity index is 2.93. The first-order chi connectivity index (χ1) is 5.46. The van der Waals surface area contributed by atoms with Gasteiger partial charge in [0.25, 0.3) is 0 Å². The molecule has 1 aliphatic rings. The van der Waals surface area contributed by atoms with Gasteiger partial charge in [0.05, 0.1) is 0 Å². The Bertz CT molecular complexity index is 239. The molecule has 1 fully saturated rings. The molecular formula is C9H11O3-. The van der Waals surface area contributed by atoms with Gasteiger partial charge in [-0.1, -0.05) is 13.8 Å². The summed E-state index contributed by atoms with van der Waals surface area (Å²) in [5.74, 6) is -0.627. The molecule has 3 heteroatoms. The molecule has 1 aliphatic carbocycles. The molecule has 0 amide bonds. The van der Waals surface area contributed by atoms with Crippen LogP contribution in [0.1, 0.15) is 26.7 Å². The lowest BCUT2D eigenvalue weighted by atomic mass is 9.74. The maximum Gasteiger partial charge on any atom is 0.165 e. The zero-order chi connectivity index (χ0) is 9.35. The fourth-order valence-electron chi connectivity index (χ4n) is 1.41. The zero-order valence-corrected chi connectivity index (χ0v) is 7.22. The van der Waals surface area contributed by atoms with Crippen molar-refractivity contribution in [2.45, 2.75) is 26.7 Å². The van der Waals surface area contributed by atoms with E-state index in [1.165, 1.54) is 0 Å². The Morgan fingerprint density at radius 3 is 2.00 bits per heavy atom. The Kier molecular flexibility index (Phi) is 2.04. The van der Waals surface area contributed by atoms with E-state index < -0.39 is 0 Å². The van der Waals surface area contributed by atoms with Crippen molar-refractivity contribution in [3.8, 4) is 0 Å². The number of allylic oxidation sites excluding steroid dienone is 1. The van der Waals surface area contributed by atoms with Gasteiger partial charge >= 0.3 is 0 Å². The van der Waals surface area contributed by atoms with E-state index in [2.05, 4.69) is 0 Å². The third-order valence-corrected chi connectivity index (χ3v) is 2.00. The number of Topliss-reactive ketones (excluding diaryl/α,β-unsaturated/α-hetero) is 2. The third kappa shape index (κ3) is 1.55. The Labute approximate surface area is 71.1 Å². The van der Waals surface area contributed by atoms with Crippen molar-refractivity contribution in [1.82, 2.24) is 0 Å². The molecule has 1 rings (SSSR count). The first-order valence-electron chi connectivity index (χ1n) is 3.85. The van der Waals surface area contributed by atoms with Crippen molar-refractivity contribution in [3.05, 3.63) is 11.8 Å². The van der Waals surface area contributed by atoms with E-state index in [0.717, 1.165) is 0 Å². The standard InChI is InChI=1S/C9H12O3/c1-9(2)3-7(11)6(5-10)8(12)4-9/h5,10H,3-4H2,1-2H3/p-1. The minimum absolute atomic E-state index is 0.158. The van der Waals surface area contributed by atoms with Gasteiger partial charge in [-0.2, -0.15) is 0 Å². The van der Waals surface area contributed by atoms with Crippen LogP contribution in [0.15, 0.2) is 11.8 Å². The van der Waals surface area contributed by atoms with Crippen LogP contribution in [0.5, 0.6) is 0 Å². The third-order valence-electron chi connectivity index (χ3n) is 2.00. The van der Waals surface area contributed by atoms with Crippen LogP contribution in [0.4, 0.5) is 0 Å². The maximum absolute atomic E-state index is 11.2. The van der Waals surface area contributed by atoms with Gasteiger partial charge in [0.2, 0.25) is 0 Å². The van der Waals surface area contributed by atoms with Crippen molar-refractivity contribution in [2.75, 3.05) is 0 Å². The SMILES string of the molecule is CC1(C)CC(=O)C(=C[O-])C(=O)C1. The lowest BCUT2D eigenvalue weighted by Crippen LogP contribution is -2.32. The Morgan fingerprint density at radius 2 is 1.67 bits per heavy atom. The van der Waals surface area contributed by atoms with E-state index in [0.29, 0.717) is 19.1 Å². The van der Waals surface area contributed by atoms with Gasteiger partial charge in [-0.05, 0) is 5.41 Å². The molecule has 0 heterocycles. The second-order valence-corrected chi connectivity index (χ2v) is 3.90. The first-order valence-corrected chi connectivity index (χ1v) is 3.85. The molecule has 0 radical (unpaired) electrons. The highest BCUT2D eigenvalue weighted by Crippen LogP contribution is 2.32. The maximum atomic E-state index is 11.2. The normalized spacial score (nSPS) is 22.7. The van der Waals surface area contributed by atoms with Crippen LogP contribution >= 0.6 is 0 Å². The number of carbonyl (C=O) groups is 2. The van der Waals surface area contributed by atoms with Crippen LogP contribution in [-0.2, 0) is 9.59 Å². The Morgan fingerprint density at radius 1 is 1.25 bits per heavy atom. The van der Waals surface area contributed by atoms with E-state index in [9.17, 15) is 14.7 Å². The van der Waals surface area contributed by atoms with Gasteiger partial charge in [-0.15, -0.1) is 6.26 Å². The molecule has 0 saturated heterocycles. The van der Waals surface area contributed by atoms with Crippen LogP contribution in [0.2, 0.25) is 0 Å². The zero-order valence-electron chi connectivity index (χ0n) is 7.22. The lowest BCUT2D eigenvalue weighted by molar-refractivity contribution is -0.275. The summed E-state index contributed by atoms with van der Waals surface area (Å²) >= 11 is 0. The van der Waals surface area contributed by atoms with Gasteiger partial charge in [-0.3, -0.25) is 9.59 Å². The van der Waals surface area contributed by atoms with Crippen LogP contribution in [0, 0.1) is 5.41 Å². The largest absolute Gasteiger partial charge is 0.877 e. The molecule has 0 aromatic heterocycles. The second kappa shape index (κ2) is 2.73. The molecule has 0 spiro atoms. The minimum Gasteiger partial charge on any atom is -0.877 e. The van der Waals surface area contributed by atoms with Gasteiger partial charge in [0, 0.05) is 18.4 Å². The number of rotatable bonds is 0. The number of ketones is 2. The molecule has 0 N–H and O–H groups in total. The molecule has 66 valence electrons. The van der Waals surface area contributed by atoms with E-state index in [-0.39, 0.29) is 22.6 Å². The molecule has 0 aliphatic heterocycles. The quantitative estimate of drug-likeness (QED) is 0.294. The van der Waals surface area contributed by atoms with E-state index >= 15 is 0 Å². The summed E-state index contributed by atoms with van der Waals surface area (Å²) in [5, 5.41) is 10.3. The lowest BCUT2D eigenvalue weighted by Gasteiger charge is -2.28. The molecule has 0 unspecified atom stereocenters. The van der Waals surface area contributed by atoms with Crippen molar-refractivity contribution in [2.24, 2.45) is 5.41 Å². The fraction of sp³-hybridized carbons (Fsp3) is 0.556. The highest BCUT2D eigenvalue weighted by atomic mass is 16.2. The fourth-order valence-corrected chi connectivity index (χ4v) is 1.41. The summed E-state index contributed by atoms with van der Waals surface area (Å²) in [6.45, 7) is 3.70. The highest BCUT2D eigenvalue weighted by molar-refractivity contribution is 6.21. The van der Waals surface area contributed by atoms with Crippen molar-refractivity contribution >= 4 is 11.6 Å². The van der Waals surface area contributed by atoms with Crippen molar-refractivity contribution in [3.63, 3.8) is 0 Å². The summed E-state index contributed by atoms with van der Waals surface area (Å²) in [6.07, 6.45) is 0.972. The summed E-state index contributed by atoms with van der Waals surface area (Å²) in [5.41, 5.74) is -0.435. The molecule has 0 bridgehead atoms. The number of carbonyl (C=O) groups excluding carboxylic acids is 2. The summed E-state index contributed by atoms with van der Waals surface area (Å²) in [7, 11) is 0. The van der Waals surface area contributed by atoms with Crippen molar-refractivity contribution < 1.29 is 14.7 Å². The molecule has 0 atom stereocenters. The molecule has 0 aromatic carbocycles. The van der Waals surface area contributed by atoms with Crippen molar-refractivity contribution in [1.29, 1.82) is 0 Å². The number of hydrogen-bond acceptors (Lipinski definition) is 3. The average Bonchev–Trinajstić information content (AvgIpc) is 1.82. The first kappa shape index (κ1) is 8.97. The van der Waals surface area contributed by atoms with E-state index in [4.69, 9.17) is 0 Å². The van der Waals surface area contributed by atoms with Crippen LogP contribution in [-0.4, -0.2) is 11.6 Å². The number of hydrogen-bond donors (Lipinski definition) is 0. The topological polar surface area (TPSA) is 57.2 Å². The van der Waals surface area contributed by atoms with Gasteiger partial charge in [0.15, 0.2) is 11.6 Å². The Hall–Kier alpha value is -1.12. The predicted molar refractivity (Wildman–Crippen MR) is 41.1 cm³/mol. The van der Waals surface area contributed by atoms with E-state index in [1.54, 1.807) is 0 Å². The van der Waals surface area contributed by atoms with Crippen LogP contribution < -0.4 is 5.11 Å². The van der Waals surface area contributed by atoms with E-state index in [1.807, 2.05) is 13.8 Å². The summed E-state index contributed by atoms with van der Waals surface area (Å²) in [6, 6.07) is 0. The van der Waals surface area contributed by atoms with Gasteiger partial charge in [0.1, 0.15) is 0 Å². The predicted octanol–water partition coefficient (Wildman–Crippen LogP) is 0.189. The van der Waals surface area contributed by atoms with Crippen LogP contribution in [0.3, 0.4) is 0 Å². The van der Waals surface area contributed by atoms with Crippen LogP contribution in [0.25, 0.3) is 0 Å². The molecule has 0 aromatic rings. The monoisotopic (exact) mass is 167 g/mol. The smallest absolute Gasteiger partial charge is 0.165 e. The highest BCUT2D eigenvalue weighted by Gasteiger charge is 2.34. The summed E-state index contributed by atoms with van der Waals surface area (Å²) in [4.78, 5) is 22.3. The van der Waals surface area contributed by atoms with Gasteiger partial charge < -0.3 is 5.11 Å².